The van der Waals surface area contributed by atoms with Crippen LogP contribution in [0.5, 0.6) is 0 Å². The quantitative estimate of drug-likeness (QED) is 0.887. The van der Waals surface area contributed by atoms with Crippen LogP contribution in [0.15, 0.2) is 42.5 Å². The Morgan fingerprint density at radius 1 is 1.00 bits per heavy atom. The summed E-state index contributed by atoms with van der Waals surface area (Å²) in [4.78, 5) is 12.2. The zero-order chi connectivity index (χ0) is 14.5. The van der Waals surface area contributed by atoms with Gasteiger partial charge in [-0.2, -0.15) is 0 Å². The molecule has 0 atom stereocenters. The molecular formula is C17H18FNO. The summed E-state index contributed by atoms with van der Waals surface area (Å²) in [5, 5.41) is 2.96. The van der Waals surface area contributed by atoms with Gasteiger partial charge in [-0.05, 0) is 48.2 Å². The van der Waals surface area contributed by atoms with E-state index in [2.05, 4.69) is 19.2 Å². The molecule has 1 amide bonds. The largest absolute Gasteiger partial charge is 0.321 e. The van der Waals surface area contributed by atoms with Gasteiger partial charge in [0.1, 0.15) is 5.82 Å². The standard InChI is InChI=1S/C17H18FNO/c1-3-12-6-5-7-13(4-2)16(12)19-17(20)14-8-10-15(18)11-9-14/h5-11H,3-4H2,1-2H3,(H,19,20). The Hall–Kier alpha value is -2.16. The molecule has 2 nitrogen and oxygen atoms in total. The molecule has 0 fully saturated rings. The van der Waals surface area contributed by atoms with Gasteiger partial charge in [0.05, 0.1) is 0 Å². The van der Waals surface area contributed by atoms with E-state index in [9.17, 15) is 9.18 Å². The van der Waals surface area contributed by atoms with Crippen LogP contribution >= 0.6 is 0 Å². The SMILES string of the molecule is CCc1cccc(CC)c1NC(=O)c1ccc(F)cc1. The summed E-state index contributed by atoms with van der Waals surface area (Å²) >= 11 is 0. The van der Waals surface area contributed by atoms with Gasteiger partial charge >= 0.3 is 0 Å². The fourth-order valence-electron chi connectivity index (χ4n) is 2.19. The summed E-state index contributed by atoms with van der Waals surface area (Å²) in [6, 6.07) is 11.6. The number of anilines is 1. The van der Waals surface area contributed by atoms with Gasteiger partial charge in [0.15, 0.2) is 0 Å². The first-order chi connectivity index (χ1) is 9.65. The molecule has 0 heterocycles. The average molecular weight is 271 g/mol. The lowest BCUT2D eigenvalue weighted by Crippen LogP contribution is -2.14. The highest BCUT2D eigenvalue weighted by atomic mass is 19.1. The molecule has 0 aromatic heterocycles. The minimum atomic E-state index is -0.343. The monoisotopic (exact) mass is 271 g/mol. The van der Waals surface area contributed by atoms with Crippen LogP contribution in [0.1, 0.15) is 35.3 Å². The molecule has 0 radical (unpaired) electrons. The summed E-state index contributed by atoms with van der Waals surface area (Å²) in [5.41, 5.74) is 3.56. The predicted molar refractivity (Wildman–Crippen MR) is 79.6 cm³/mol. The van der Waals surface area contributed by atoms with Gasteiger partial charge < -0.3 is 5.32 Å². The molecule has 1 N–H and O–H groups in total. The number of benzene rings is 2. The number of carbonyl (C=O) groups excluding carboxylic acids is 1. The van der Waals surface area contributed by atoms with E-state index in [0.717, 1.165) is 29.7 Å². The Morgan fingerprint density at radius 2 is 1.55 bits per heavy atom. The molecule has 0 unspecified atom stereocenters. The zero-order valence-electron chi connectivity index (χ0n) is 11.7. The summed E-state index contributed by atoms with van der Waals surface area (Å²) in [6.45, 7) is 4.12. The molecule has 2 aromatic carbocycles. The number of hydrogen-bond acceptors (Lipinski definition) is 1. The van der Waals surface area contributed by atoms with E-state index in [-0.39, 0.29) is 11.7 Å². The van der Waals surface area contributed by atoms with E-state index in [1.54, 1.807) is 0 Å². The second-order valence-corrected chi connectivity index (χ2v) is 4.62. The molecule has 2 aromatic rings. The number of halogens is 1. The highest BCUT2D eigenvalue weighted by Gasteiger charge is 2.11. The van der Waals surface area contributed by atoms with Crippen LogP contribution in [-0.4, -0.2) is 5.91 Å². The van der Waals surface area contributed by atoms with Crippen molar-refractivity contribution in [1.82, 2.24) is 0 Å². The molecule has 3 heteroatoms. The number of hydrogen-bond donors (Lipinski definition) is 1. The molecule has 0 aliphatic carbocycles. The number of rotatable bonds is 4. The first-order valence-corrected chi connectivity index (χ1v) is 6.83. The van der Waals surface area contributed by atoms with Gasteiger partial charge in [0.25, 0.3) is 5.91 Å². The molecule has 0 spiro atoms. The summed E-state index contributed by atoms with van der Waals surface area (Å²) in [7, 11) is 0. The van der Waals surface area contributed by atoms with Crippen LogP contribution in [0.3, 0.4) is 0 Å². The highest BCUT2D eigenvalue weighted by molar-refractivity contribution is 6.05. The third-order valence-electron chi connectivity index (χ3n) is 3.34. The summed E-state index contributed by atoms with van der Waals surface area (Å²) in [5.74, 6) is -0.551. The van der Waals surface area contributed by atoms with Crippen molar-refractivity contribution >= 4 is 11.6 Å². The molecule has 104 valence electrons. The lowest BCUT2D eigenvalue weighted by molar-refractivity contribution is 0.102. The fourth-order valence-corrected chi connectivity index (χ4v) is 2.19. The first kappa shape index (κ1) is 14.3. The van der Waals surface area contributed by atoms with Crippen LogP contribution in [0.25, 0.3) is 0 Å². The maximum Gasteiger partial charge on any atom is 0.255 e. The Kier molecular flexibility index (Phi) is 4.51. The molecule has 2 rings (SSSR count). The zero-order valence-corrected chi connectivity index (χ0v) is 11.7. The molecule has 0 aliphatic heterocycles. The normalized spacial score (nSPS) is 10.3. The van der Waals surface area contributed by atoms with E-state index in [4.69, 9.17) is 0 Å². The van der Waals surface area contributed by atoms with Gasteiger partial charge in [-0.3, -0.25) is 4.79 Å². The second-order valence-electron chi connectivity index (χ2n) is 4.62. The second kappa shape index (κ2) is 6.33. The topological polar surface area (TPSA) is 29.1 Å². The third kappa shape index (κ3) is 3.05. The van der Waals surface area contributed by atoms with Gasteiger partial charge in [0, 0.05) is 11.3 Å². The Bertz CT molecular complexity index is 583. The number of nitrogens with one attached hydrogen (secondary N) is 1. The van der Waals surface area contributed by atoms with Crippen molar-refractivity contribution in [1.29, 1.82) is 0 Å². The van der Waals surface area contributed by atoms with Crippen LogP contribution in [-0.2, 0) is 12.8 Å². The van der Waals surface area contributed by atoms with Crippen LogP contribution in [0.2, 0.25) is 0 Å². The maximum atomic E-state index is 12.9. The maximum absolute atomic E-state index is 12.9. The molecule has 20 heavy (non-hydrogen) atoms. The van der Waals surface area contributed by atoms with Gasteiger partial charge in [-0.25, -0.2) is 4.39 Å². The minimum Gasteiger partial charge on any atom is -0.321 e. The molecule has 0 saturated carbocycles. The van der Waals surface area contributed by atoms with E-state index in [0.29, 0.717) is 5.56 Å². The van der Waals surface area contributed by atoms with E-state index in [1.807, 2.05) is 18.2 Å². The summed E-state index contributed by atoms with van der Waals surface area (Å²) < 4.78 is 12.9. The average Bonchev–Trinajstić information content (AvgIpc) is 2.48. The molecule has 0 bridgehead atoms. The predicted octanol–water partition coefficient (Wildman–Crippen LogP) is 4.20. The summed E-state index contributed by atoms with van der Waals surface area (Å²) in [6.07, 6.45) is 1.71. The molecular weight excluding hydrogens is 253 g/mol. The highest BCUT2D eigenvalue weighted by Crippen LogP contribution is 2.23. The van der Waals surface area contributed by atoms with Crippen molar-refractivity contribution in [2.45, 2.75) is 26.7 Å². The van der Waals surface area contributed by atoms with Crippen molar-refractivity contribution in [3.63, 3.8) is 0 Å². The Labute approximate surface area is 118 Å². The Morgan fingerprint density at radius 3 is 2.05 bits per heavy atom. The van der Waals surface area contributed by atoms with Crippen LogP contribution in [0.4, 0.5) is 10.1 Å². The minimum absolute atomic E-state index is 0.208. The van der Waals surface area contributed by atoms with Crippen molar-refractivity contribution in [3.05, 3.63) is 65.0 Å². The lowest BCUT2D eigenvalue weighted by atomic mass is 10.0. The third-order valence-corrected chi connectivity index (χ3v) is 3.34. The molecule has 0 aliphatic rings. The van der Waals surface area contributed by atoms with Crippen LogP contribution in [0, 0.1) is 5.82 Å². The molecule has 0 saturated heterocycles. The van der Waals surface area contributed by atoms with E-state index in [1.165, 1.54) is 24.3 Å². The van der Waals surface area contributed by atoms with Crippen molar-refractivity contribution in [2.75, 3.05) is 5.32 Å². The number of aryl methyl sites for hydroxylation is 2. The van der Waals surface area contributed by atoms with E-state index >= 15 is 0 Å². The van der Waals surface area contributed by atoms with Gasteiger partial charge in [-0.1, -0.05) is 32.0 Å². The van der Waals surface area contributed by atoms with Crippen molar-refractivity contribution in [2.24, 2.45) is 0 Å². The van der Waals surface area contributed by atoms with Gasteiger partial charge in [0.2, 0.25) is 0 Å². The number of carbonyl (C=O) groups is 1. The Balaban J connectivity index is 2.29. The fraction of sp³-hybridized carbons (Fsp3) is 0.235. The van der Waals surface area contributed by atoms with E-state index < -0.39 is 0 Å². The number of para-hydroxylation sites is 1. The lowest BCUT2D eigenvalue weighted by Gasteiger charge is -2.14. The smallest absolute Gasteiger partial charge is 0.255 e. The number of amides is 1. The first-order valence-electron chi connectivity index (χ1n) is 6.83. The van der Waals surface area contributed by atoms with Crippen molar-refractivity contribution in [3.8, 4) is 0 Å². The van der Waals surface area contributed by atoms with Crippen LogP contribution < -0.4 is 5.32 Å². The van der Waals surface area contributed by atoms with Gasteiger partial charge in [-0.15, -0.1) is 0 Å². The van der Waals surface area contributed by atoms with Crippen molar-refractivity contribution < 1.29 is 9.18 Å².